The summed E-state index contributed by atoms with van der Waals surface area (Å²) in [4.78, 5) is 14.9. The number of aromatic nitrogens is 4. The van der Waals surface area contributed by atoms with Crippen LogP contribution >= 0.6 is 11.3 Å². The van der Waals surface area contributed by atoms with Gasteiger partial charge in [0.25, 0.3) is 0 Å². The van der Waals surface area contributed by atoms with Crippen LogP contribution in [0.4, 0.5) is 26.3 Å². The van der Waals surface area contributed by atoms with Gasteiger partial charge < -0.3 is 4.57 Å². The van der Waals surface area contributed by atoms with E-state index in [1.165, 1.54) is 12.1 Å². The quantitative estimate of drug-likeness (QED) is 0.163. The Bertz CT molecular complexity index is 3080. The molecule has 0 atom stereocenters. The van der Waals surface area contributed by atoms with Crippen LogP contribution in [0, 0.1) is 0 Å². The maximum absolute atomic E-state index is 14.1. The highest BCUT2D eigenvalue weighted by molar-refractivity contribution is 7.25. The summed E-state index contributed by atoms with van der Waals surface area (Å²) in [7, 11) is 0. The van der Waals surface area contributed by atoms with Crippen molar-refractivity contribution in [2.45, 2.75) is 12.4 Å². The summed E-state index contributed by atoms with van der Waals surface area (Å²) in [5, 5.41) is 2.19. The van der Waals surface area contributed by atoms with Gasteiger partial charge in [0, 0.05) is 47.6 Å². The van der Waals surface area contributed by atoms with Crippen molar-refractivity contribution < 1.29 is 26.3 Å². The Hall–Kier alpha value is -6.85. The summed E-state index contributed by atoms with van der Waals surface area (Å²) in [5.74, 6) is 1.04. The van der Waals surface area contributed by atoms with Crippen LogP contribution in [0.15, 0.2) is 158 Å². The third-order valence-electron chi connectivity index (χ3n) is 10.3. The second-order valence-electron chi connectivity index (χ2n) is 13.8. The van der Waals surface area contributed by atoms with Gasteiger partial charge in [-0.05, 0) is 71.8 Å². The first-order valence-corrected chi connectivity index (χ1v) is 19.0. The molecule has 0 radical (unpaired) electrons. The van der Waals surface area contributed by atoms with Gasteiger partial charge in [0.05, 0.1) is 27.8 Å². The Balaban J connectivity index is 1.31. The molecule has 0 aliphatic heterocycles. The number of halogens is 6. The SMILES string of the molecule is FC(F)(F)c1ccc2c(c1)c1cc(C(F)(F)F)ccc1n2-c1ccc(-c2cccc3sc4ccccc4c23)cc1-c1nc(-c2ccccc2)nc(-c2ccccc2)n1. The zero-order valence-electron chi connectivity index (χ0n) is 30.0. The van der Waals surface area contributed by atoms with Crippen molar-refractivity contribution >= 4 is 53.3 Å². The fourth-order valence-electron chi connectivity index (χ4n) is 7.66. The van der Waals surface area contributed by atoms with Crippen molar-refractivity contribution in [1.82, 2.24) is 19.5 Å². The molecule has 10 rings (SSSR count). The Morgan fingerprint density at radius 2 is 0.948 bits per heavy atom. The summed E-state index contributed by atoms with van der Waals surface area (Å²) in [6.07, 6.45) is -9.45. The molecule has 0 amide bonds. The lowest BCUT2D eigenvalue weighted by atomic mass is 9.96. The smallest absolute Gasteiger partial charge is 0.309 e. The fourth-order valence-corrected chi connectivity index (χ4v) is 8.79. The molecule has 0 fully saturated rings. The standard InChI is InChI=1S/C47H26F6N4S/c48-46(49,50)30-19-22-37-34(25-30)35-26-31(47(51,52)53)20-23-38(35)57(37)39-21-18-29(32-15-9-17-41-42(32)33-14-7-8-16-40(33)58-41)24-36(39)45-55-43(27-10-3-1-4-11-27)54-44(56-45)28-12-5-2-6-13-28/h1-26H. The number of alkyl halides is 6. The van der Waals surface area contributed by atoms with Crippen LogP contribution in [0.3, 0.4) is 0 Å². The van der Waals surface area contributed by atoms with Crippen molar-refractivity contribution in [3.63, 3.8) is 0 Å². The van der Waals surface area contributed by atoms with Crippen LogP contribution < -0.4 is 0 Å². The van der Waals surface area contributed by atoms with Crippen LogP contribution in [0.1, 0.15) is 11.1 Å². The Morgan fingerprint density at radius 1 is 0.414 bits per heavy atom. The number of rotatable bonds is 5. The van der Waals surface area contributed by atoms with Crippen molar-refractivity contribution in [3.8, 4) is 51.0 Å². The predicted molar refractivity (Wildman–Crippen MR) is 219 cm³/mol. The summed E-state index contributed by atoms with van der Waals surface area (Å²) in [5.41, 5.74) is 2.77. The molecule has 11 heteroatoms. The average Bonchev–Trinajstić information content (AvgIpc) is 3.78. The molecule has 0 bridgehead atoms. The highest BCUT2D eigenvalue weighted by atomic mass is 32.1. The molecule has 0 aliphatic carbocycles. The van der Waals surface area contributed by atoms with Crippen LogP contribution in [-0.2, 0) is 12.4 Å². The molecule has 282 valence electrons. The Labute approximate surface area is 330 Å². The van der Waals surface area contributed by atoms with Gasteiger partial charge in [0.1, 0.15) is 0 Å². The lowest BCUT2D eigenvalue weighted by molar-refractivity contribution is -0.138. The van der Waals surface area contributed by atoms with Gasteiger partial charge >= 0.3 is 12.4 Å². The van der Waals surface area contributed by atoms with Gasteiger partial charge in [-0.1, -0.05) is 97.1 Å². The largest absolute Gasteiger partial charge is 0.416 e. The van der Waals surface area contributed by atoms with E-state index in [1.54, 1.807) is 15.9 Å². The van der Waals surface area contributed by atoms with E-state index in [0.29, 0.717) is 22.9 Å². The van der Waals surface area contributed by atoms with Gasteiger partial charge in [-0.3, -0.25) is 0 Å². The highest BCUT2D eigenvalue weighted by Gasteiger charge is 2.34. The van der Waals surface area contributed by atoms with Crippen LogP contribution in [-0.4, -0.2) is 19.5 Å². The van der Waals surface area contributed by atoms with Gasteiger partial charge in [-0.25, -0.2) is 15.0 Å². The molecule has 0 spiro atoms. The third kappa shape index (κ3) is 6.06. The molecular formula is C47H26F6N4S. The molecule has 0 unspecified atom stereocenters. The van der Waals surface area contributed by atoms with E-state index in [-0.39, 0.29) is 27.6 Å². The van der Waals surface area contributed by atoms with E-state index in [1.807, 2.05) is 103 Å². The van der Waals surface area contributed by atoms with Crippen molar-refractivity contribution in [2.75, 3.05) is 0 Å². The lowest BCUT2D eigenvalue weighted by Gasteiger charge is -2.17. The Morgan fingerprint density at radius 3 is 1.53 bits per heavy atom. The van der Waals surface area contributed by atoms with E-state index in [4.69, 9.17) is 15.0 Å². The fraction of sp³-hybridized carbons (Fsp3) is 0.0426. The number of hydrogen-bond donors (Lipinski definition) is 0. The third-order valence-corrected chi connectivity index (χ3v) is 11.4. The number of nitrogens with zero attached hydrogens (tertiary/aromatic N) is 4. The first-order chi connectivity index (χ1) is 28.0. The number of hydrogen-bond acceptors (Lipinski definition) is 4. The van der Waals surface area contributed by atoms with Gasteiger partial charge in [-0.2, -0.15) is 26.3 Å². The van der Waals surface area contributed by atoms with Gasteiger partial charge in [0.15, 0.2) is 17.5 Å². The second-order valence-corrected chi connectivity index (χ2v) is 14.9. The predicted octanol–water partition coefficient (Wildman–Crippen LogP) is 14.0. The first kappa shape index (κ1) is 35.6. The van der Waals surface area contributed by atoms with Crippen molar-refractivity contribution in [1.29, 1.82) is 0 Å². The first-order valence-electron chi connectivity index (χ1n) is 18.2. The summed E-state index contributed by atoms with van der Waals surface area (Å²) in [6, 6.07) is 45.1. The molecule has 3 heterocycles. The van der Waals surface area contributed by atoms with Crippen LogP contribution in [0.5, 0.6) is 0 Å². The van der Waals surface area contributed by atoms with Crippen LogP contribution in [0.25, 0.3) is 93.0 Å². The van der Waals surface area contributed by atoms with E-state index in [9.17, 15) is 26.3 Å². The van der Waals surface area contributed by atoms with E-state index in [2.05, 4.69) is 18.2 Å². The molecule has 7 aromatic carbocycles. The molecule has 10 aromatic rings. The molecule has 0 aliphatic rings. The molecule has 0 saturated carbocycles. The summed E-state index contributed by atoms with van der Waals surface area (Å²) >= 11 is 1.68. The minimum atomic E-state index is -4.73. The normalized spacial score (nSPS) is 12.3. The van der Waals surface area contributed by atoms with Crippen LogP contribution in [0.2, 0.25) is 0 Å². The minimum absolute atomic E-state index is 0.0195. The summed E-state index contributed by atoms with van der Waals surface area (Å²) < 4.78 is 88.7. The maximum Gasteiger partial charge on any atom is 0.416 e. The monoisotopic (exact) mass is 792 g/mol. The number of thiophene rings is 1. The average molecular weight is 793 g/mol. The van der Waals surface area contributed by atoms with E-state index in [0.717, 1.165) is 66.7 Å². The van der Waals surface area contributed by atoms with Crippen molar-refractivity contribution in [3.05, 3.63) is 169 Å². The molecule has 4 nitrogen and oxygen atoms in total. The second kappa shape index (κ2) is 13.4. The molecular weight excluding hydrogens is 767 g/mol. The number of benzene rings is 7. The van der Waals surface area contributed by atoms with Gasteiger partial charge in [0.2, 0.25) is 0 Å². The lowest BCUT2D eigenvalue weighted by Crippen LogP contribution is -2.05. The highest BCUT2D eigenvalue weighted by Crippen LogP contribution is 2.44. The molecule has 3 aromatic heterocycles. The van der Waals surface area contributed by atoms with E-state index >= 15 is 0 Å². The minimum Gasteiger partial charge on any atom is -0.309 e. The zero-order chi connectivity index (χ0) is 39.8. The topological polar surface area (TPSA) is 43.6 Å². The Kier molecular flexibility index (Phi) is 8.20. The molecule has 0 saturated heterocycles. The molecule has 58 heavy (non-hydrogen) atoms. The zero-order valence-corrected chi connectivity index (χ0v) is 30.8. The van der Waals surface area contributed by atoms with Gasteiger partial charge in [-0.15, -0.1) is 11.3 Å². The summed E-state index contributed by atoms with van der Waals surface area (Å²) in [6.45, 7) is 0. The maximum atomic E-state index is 14.1. The van der Waals surface area contributed by atoms with E-state index < -0.39 is 23.5 Å². The van der Waals surface area contributed by atoms with Crippen molar-refractivity contribution in [2.24, 2.45) is 0 Å². The number of fused-ring (bicyclic) bond motifs is 6. The molecule has 0 N–H and O–H groups in total.